The van der Waals surface area contributed by atoms with Crippen molar-refractivity contribution in [2.24, 2.45) is 0 Å². The first-order valence-electron chi connectivity index (χ1n) is 8.49. The van der Waals surface area contributed by atoms with Gasteiger partial charge in [-0.15, -0.1) is 0 Å². The quantitative estimate of drug-likeness (QED) is 0.772. The number of hydrogen-bond donors (Lipinski definition) is 1. The molecule has 0 saturated carbocycles. The van der Waals surface area contributed by atoms with Crippen LogP contribution >= 0.6 is 0 Å². The monoisotopic (exact) mass is 340 g/mol. The molecule has 3 rings (SSSR count). The van der Waals surface area contributed by atoms with E-state index in [0.717, 1.165) is 40.2 Å². The minimum atomic E-state index is -0.136. The number of carbonyl (C=O) groups excluding carboxylic acids is 1. The van der Waals surface area contributed by atoms with Crippen LogP contribution < -0.4 is 5.32 Å². The van der Waals surface area contributed by atoms with Crippen molar-refractivity contribution in [3.05, 3.63) is 53.0 Å². The number of nitrogens with one attached hydrogen (secondary N) is 1. The van der Waals surface area contributed by atoms with E-state index in [0.29, 0.717) is 13.1 Å². The SMILES string of the molecule is CCn1nc(C)c(CNC(=O)N(C)Cc2cc3ccccc3o2)c1C. The molecule has 6 heteroatoms. The number of hydrogen-bond acceptors (Lipinski definition) is 3. The van der Waals surface area contributed by atoms with Gasteiger partial charge in [-0.1, -0.05) is 18.2 Å². The van der Waals surface area contributed by atoms with Gasteiger partial charge in [0, 0.05) is 36.8 Å². The third kappa shape index (κ3) is 3.52. The van der Waals surface area contributed by atoms with E-state index in [1.807, 2.05) is 48.9 Å². The Kier molecular flexibility index (Phi) is 4.79. The molecule has 25 heavy (non-hydrogen) atoms. The summed E-state index contributed by atoms with van der Waals surface area (Å²) in [7, 11) is 1.76. The summed E-state index contributed by atoms with van der Waals surface area (Å²) >= 11 is 0. The highest BCUT2D eigenvalue weighted by Crippen LogP contribution is 2.19. The van der Waals surface area contributed by atoms with Crippen LogP contribution in [0.3, 0.4) is 0 Å². The second kappa shape index (κ2) is 7.01. The van der Waals surface area contributed by atoms with Gasteiger partial charge < -0.3 is 14.6 Å². The number of para-hydroxylation sites is 1. The molecule has 0 spiro atoms. The molecule has 0 fully saturated rings. The zero-order chi connectivity index (χ0) is 18.0. The van der Waals surface area contributed by atoms with Gasteiger partial charge in [0.15, 0.2) is 0 Å². The van der Waals surface area contributed by atoms with Gasteiger partial charge in [0.25, 0.3) is 0 Å². The van der Waals surface area contributed by atoms with Crippen LogP contribution in [-0.2, 0) is 19.6 Å². The number of carbonyl (C=O) groups is 1. The Hall–Kier alpha value is -2.76. The molecule has 0 aliphatic rings. The molecule has 2 aromatic heterocycles. The third-order valence-electron chi connectivity index (χ3n) is 4.46. The minimum Gasteiger partial charge on any atom is -0.459 e. The summed E-state index contributed by atoms with van der Waals surface area (Å²) in [4.78, 5) is 14.0. The van der Waals surface area contributed by atoms with E-state index >= 15 is 0 Å². The molecule has 132 valence electrons. The fourth-order valence-electron chi connectivity index (χ4n) is 3.02. The van der Waals surface area contributed by atoms with E-state index in [4.69, 9.17) is 4.42 Å². The van der Waals surface area contributed by atoms with Crippen LogP contribution in [0.15, 0.2) is 34.7 Å². The molecule has 3 aromatic rings. The number of aromatic nitrogens is 2. The number of fused-ring (bicyclic) bond motifs is 1. The summed E-state index contributed by atoms with van der Waals surface area (Å²) in [5.41, 5.74) is 3.97. The number of aryl methyl sites for hydroxylation is 2. The van der Waals surface area contributed by atoms with Crippen molar-refractivity contribution >= 4 is 17.0 Å². The topological polar surface area (TPSA) is 63.3 Å². The maximum Gasteiger partial charge on any atom is 0.317 e. The minimum absolute atomic E-state index is 0.136. The average molecular weight is 340 g/mol. The summed E-state index contributed by atoms with van der Waals surface area (Å²) in [6, 6.07) is 9.67. The normalized spacial score (nSPS) is 11.0. The summed E-state index contributed by atoms with van der Waals surface area (Å²) in [6.45, 7) is 7.78. The summed E-state index contributed by atoms with van der Waals surface area (Å²) < 4.78 is 7.73. The molecule has 2 amide bonds. The number of benzene rings is 1. The van der Waals surface area contributed by atoms with Crippen LogP contribution in [0.4, 0.5) is 4.79 Å². The summed E-state index contributed by atoms with van der Waals surface area (Å²) in [5.74, 6) is 0.769. The van der Waals surface area contributed by atoms with E-state index in [9.17, 15) is 4.79 Å². The second-order valence-corrected chi connectivity index (χ2v) is 6.23. The van der Waals surface area contributed by atoms with Gasteiger partial charge in [-0.25, -0.2) is 4.79 Å². The standard InChI is InChI=1S/C19H24N4O2/c1-5-23-14(3)17(13(2)21-23)11-20-19(24)22(4)12-16-10-15-8-6-7-9-18(15)25-16/h6-10H,5,11-12H2,1-4H3,(H,20,24). The molecule has 0 unspecified atom stereocenters. The summed E-state index contributed by atoms with van der Waals surface area (Å²) in [5, 5.41) is 8.49. The number of rotatable bonds is 5. The smallest absolute Gasteiger partial charge is 0.317 e. The van der Waals surface area contributed by atoms with Crippen LogP contribution in [-0.4, -0.2) is 27.8 Å². The van der Waals surface area contributed by atoms with Gasteiger partial charge in [0.2, 0.25) is 0 Å². The fourth-order valence-corrected chi connectivity index (χ4v) is 3.02. The van der Waals surface area contributed by atoms with Gasteiger partial charge >= 0.3 is 6.03 Å². The number of nitrogens with zero attached hydrogens (tertiary/aromatic N) is 3. The Morgan fingerprint density at radius 2 is 2.08 bits per heavy atom. The van der Waals surface area contributed by atoms with Gasteiger partial charge in [-0.2, -0.15) is 5.10 Å². The van der Waals surface area contributed by atoms with Gasteiger partial charge in [-0.05, 0) is 32.9 Å². The molecule has 0 bridgehead atoms. The van der Waals surface area contributed by atoms with Crippen molar-refractivity contribution in [2.45, 2.75) is 40.4 Å². The second-order valence-electron chi connectivity index (χ2n) is 6.23. The van der Waals surface area contributed by atoms with Crippen LogP contribution in [0.2, 0.25) is 0 Å². The lowest BCUT2D eigenvalue weighted by atomic mass is 10.2. The van der Waals surface area contributed by atoms with Crippen molar-refractivity contribution in [2.75, 3.05) is 7.05 Å². The van der Waals surface area contributed by atoms with Crippen molar-refractivity contribution in [3.8, 4) is 0 Å². The zero-order valence-electron chi connectivity index (χ0n) is 15.2. The predicted molar refractivity (Wildman–Crippen MR) is 97.3 cm³/mol. The van der Waals surface area contributed by atoms with Crippen molar-refractivity contribution in [3.63, 3.8) is 0 Å². The zero-order valence-corrected chi connectivity index (χ0v) is 15.2. The molecule has 0 aliphatic heterocycles. The van der Waals surface area contributed by atoms with Gasteiger partial charge in [0.1, 0.15) is 11.3 Å². The molecular formula is C19H24N4O2. The molecule has 0 saturated heterocycles. The fraction of sp³-hybridized carbons (Fsp3) is 0.368. The number of urea groups is 1. The lowest BCUT2D eigenvalue weighted by Crippen LogP contribution is -2.36. The van der Waals surface area contributed by atoms with Crippen LogP contribution in [0.5, 0.6) is 0 Å². The van der Waals surface area contributed by atoms with E-state index in [1.54, 1.807) is 11.9 Å². The third-order valence-corrected chi connectivity index (χ3v) is 4.46. The van der Waals surface area contributed by atoms with Crippen molar-refractivity contribution in [1.82, 2.24) is 20.0 Å². The van der Waals surface area contributed by atoms with E-state index < -0.39 is 0 Å². The number of amides is 2. The highest BCUT2D eigenvalue weighted by Gasteiger charge is 2.15. The van der Waals surface area contributed by atoms with Gasteiger partial charge in [0.05, 0.1) is 12.2 Å². The number of furan rings is 1. The Balaban J connectivity index is 1.62. The van der Waals surface area contributed by atoms with Crippen molar-refractivity contribution < 1.29 is 9.21 Å². The van der Waals surface area contributed by atoms with E-state index in [2.05, 4.69) is 17.3 Å². The van der Waals surface area contributed by atoms with E-state index in [-0.39, 0.29) is 6.03 Å². The maximum atomic E-state index is 12.4. The average Bonchev–Trinajstić information content (AvgIpc) is 3.12. The van der Waals surface area contributed by atoms with Crippen molar-refractivity contribution in [1.29, 1.82) is 0 Å². The highest BCUT2D eigenvalue weighted by molar-refractivity contribution is 5.78. The molecule has 2 heterocycles. The Bertz CT molecular complexity index is 861. The lowest BCUT2D eigenvalue weighted by molar-refractivity contribution is 0.203. The van der Waals surface area contributed by atoms with Gasteiger partial charge in [-0.3, -0.25) is 4.68 Å². The van der Waals surface area contributed by atoms with Crippen LogP contribution in [0, 0.1) is 13.8 Å². The Morgan fingerprint density at radius 1 is 1.32 bits per heavy atom. The van der Waals surface area contributed by atoms with Crippen LogP contribution in [0.25, 0.3) is 11.0 Å². The van der Waals surface area contributed by atoms with Crippen LogP contribution in [0.1, 0.15) is 29.6 Å². The molecule has 1 N–H and O–H groups in total. The molecule has 1 aromatic carbocycles. The largest absolute Gasteiger partial charge is 0.459 e. The lowest BCUT2D eigenvalue weighted by Gasteiger charge is -2.16. The molecule has 0 aliphatic carbocycles. The first-order valence-corrected chi connectivity index (χ1v) is 8.49. The first-order chi connectivity index (χ1) is 12.0. The molecule has 0 atom stereocenters. The summed E-state index contributed by atoms with van der Waals surface area (Å²) in [6.07, 6.45) is 0. The maximum absolute atomic E-state index is 12.4. The molecule has 0 radical (unpaired) electrons. The predicted octanol–water partition coefficient (Wildman–Crippen LogP) is 3.61. The molecular weight excluding hydrogens is 316 g/mol. The molecule has 6 nitrogen and oxygen atoms in total. The Labute approximate surface area is 147 Å². The first kappa shape index (κ1) is 17.1. The van der Waals surface area contributed by atoms with E-state index in [1.165, 1.54) is 0 Å². The highest BCUT2D eigenvalue weighted by atomic mass is 16.3. The Morgan fingerprint density at radius 3 is 2.76 bits per heavy atom.